The van der Waals surface area contributed by atoms with Gasteiger partial charge >= 0.3 is 6.03 Å². The number of anilines is 2. The van der Waals surface area contributed by atoms with E-state index in [1.165, 1.54) is 0 Å². The van der Waals surface area contributed by atoms with Crippen molar-refractivity contribution in [3.63, 3.8) is 0 Å². The van der Waals surface area contributed by atoms with Crippen LogP contribution in [0.2, 0.25) is 0 Å². The second-order valence-electron chi connectivity index (χ2n) is 7.91. The Bertz CT molecular complexity index is 967. The number of nitriles is 1. The summed E-state index contributed by atoms with van der Waals surface area (Å²) in [6.07, 6.45) is 1.78. The van der Waals surface area contributed by atoms with Crippen LogP contribution in [-0.2, 0) is 9.59 Å². The topological polar surface area (TPSA) is 106 Å². The summed E-state index contributed by atoms with van der Waals surface area (Å²) in [7, 11) is 0. The Morgan fingerprint density at radius 1 is 0.970 bits per heavy atom. The molecule has 0 bridgehead atoms. The lowest BCUT2D eigenvalue weighted by Crippen LogP contribution is -2.47. The minimum absolute atomic E-state index is 0.000974. The summed E-state index contributed by atoms with van der Waals surface area (Å²) >= 11 is 0. The third-order valence-corrected chi connectivity index (χ3v) is 5.58. The number of likely N-dealkylation sites (tertiary alicyclic amines) is 1. The van der Waals surface area contributed by atoms with Crippen molar-refractivity contribution < 1.29 is 14.4 Å². The predicted molar refractivity (Wildman–Crippen MR) is 126 cm³/mol. The van der Waals surface area contributed by atoms with Crippen molar-refractivity contribution in [3.05, 3.63) is 60.7 Å². The summed E-state index contributed by atoms with van der Waals surface area (Å²) in [4.78, 5) is 40.9. The Labute approximate surface area is 194 Å². The SMILES string of the molecule is N#CCCN(C(=O)CCC(=O)N1CCC(NC(=O)Nc2ccccc2)CC1)c1ccccc1. The molecule has 33 heavy (non-hydrogen) atoms. The van der Waals surface area contributed by atoms with Crippen LogP contribution in [0.3, 0.4) is 0 Å². The lowest BCUT2D eigenvalue weighted by atomic mass is 10.0. The largest absolute Gasteiger partial charge is 0.343 e. The van der Waals surface area contributed by atoms with Gasteiger partial charge in [-0.2, -0.15) is 5.26 Å². The van der Waals surface area contributed by atoms with E-state index in [4.69, 9.17) is 5.26 Å². The average Bonchev–Trinajstić information content (AvgIpc) is 2.84. The van der Waals surface area contributed by atoms with Crippen molar-refractivity contribution in [3.8, 4) is 6.07 Å². The number of nitrogens with zero attached hydrogens (tertiary/aromatic N) is 3. The van der Waals surface area contributed by atoms with Crippen molar-refractivity contribution in [1.29, 1.82) is 5.26 Å². The van der Waals surface area contributed by atoms with Crippen LogP contribution in [0.15, 0.2) is 60.7 Å². The quantitative estimate of drug-likeness (QED) is 0.646. The van der Waals surface area contributed by atoms with E-state index in [0.717, 1.165) is 11.4 Å². The second kappa shape index (κ2) is 12.2. The summed E-state index contributed by atoms with van der Waals surface area (Å²) in [5, 5.41) is 14.7. The fourth-order valence-electron chi connectivity index (χ4n) is 3.82. The lowest BCUT2D eigenvalue weighted by Gasteiger charge is -2.32. The number of para-hydroxylation sites is 2. The molecule has 2 N–H and O–H groups in total. The number of carbonyl (C=O) groups is 3. The van der Waals surface area contributed by atoms with Gasteiger partial charge in [0.2, 0.25) is 11.8 Å². The standard InChI is InChI=1S/C25H29N5O3/c26-16-7-17-30(22-10-5-2-6-11-22)24(32)13-12-23(31)29-18-14-21(15-19-29)28-25(33)27-20-8-3-1-4-9-20/h1-6,8-11,21H,7,12-15,17-19H2,(H2,27,28,33). The number of rotatable bonds is 8. The van der Waals surface area contributed by atoms with Gasteiger partial charge in [0.05, 0.1) is 12.5 Å². The number of amides is 4. The molecule has 0 aliphatic carbocycles. The highest BCUT2D eigenvalue weighted by Crippen LogP contribution is 2.17. The fourth-order valence-corrected chi connectivity index (χ4v) is 3.82. The maximum atomic E-state index is 12.8. The molecule has 1 aliphatic heterocycles. The Hall–Kier alpha value is -3.86. The van der Waals surface area contributed by atoms with E-state index in [2.05, 4.69) is 16.7 Å². The first-order chi connectivity index (χ1) is 16.1. The molecule has 172 valence electrons. The summed E-state index contributed by atoms with van der Waals surface area (Å²) in [5.41, 5.74) is 1.46. The zero-order chi connectivity index (χ0) is 23.5. The molecule has 1 aliphatic rings. The van der Waals surface area contributed by atoms with Crippen LogP contribution >= 0.6 is 0 Å². The Morgan fingerprint density at radius 3 is 2.24 bits per heavy atom. The van der Waals surface area contributed by atoms with E-state index in [9.17, 15) is 14.4 Å². The normalized spacial score (nSPS) is 13.6. The van der Waals surface area contributed by atoms with E-state index in [0.29, 0.717) is 32.5 Å². The summed E-state index contributed by atoms with van der Waals surface area (Å²) in [5.74, 6) is -0.234. The molecule has 2 aromatic rings. The molecule has 8 nitrogen and oxygen atoms in total. The van der Waals surface area contributed by atoms with Crippen molar-refractivity contribution in [1.82, 2.24) is 10.2 Å². The van der Waals surface area contributed by atoms with Gasteiger partial charge in [-0.1, -0.05) is 36.4 Å². The molecule has 1 heterocycles. The van der Waals surface area contributed by atoms with Crippen LogP contribution in [0, 0.1) is 11.3 Å². The van der Waals surface area contributed by atoms with Crippen molar-refractivity contribution in [2.45, 2.75) is 38.1 Å². The molecule has 3 rings (SSSR count). The van der Waals surface area contributed by atoms with Crippen molar-refractivity contribution in [2.24, 2.45) is 0 Å². The van der Waals surface area contributed by atoms with Gasteiger partial charge in [-0.25, -0.2) is 4.79 Å². The molecular formula is C25H29N5O3. The first-order valence-corrected chi connectivity index (χ1v) is 11.2. The van der Waals surface area contributed by atoms with E-state index >= 15 is 0 Å². The van der Waals surface area contributed by atoms with Gasteiger partial charge in [0.1, 0.15) is 0 Å². The Balaban J connectivity index is 1.42. The molecule has 0 radical (unpaired) electrons. The molecule has 1 saturated heterocycles. The molecule has 0 atom stereocenters. The first kappa shape index (κ1) is 23.8. The van der Waals surface area contributed by atoms with Crippen LogP contribution < -0.4 is 15.5 Å². The van der Waals surface area contributed by atoms with Crippen LogP contribution in [-0.4, -0.2) is 48.4 Å². The van der Waals surface area contributed by atoms with Crippen LogP contribution in [0.1, 0.15) is 32.1 Å². The van der Waals surface area contributed by atoms with Gasteiger partial charge in [-0.05, 0) is 37.1 Å². The van der Waals surface area contributed by atoms with Gasteiger partial charge in [0.15, 0.2) is 0 Å². The fraction of sp³-hybridized carbons (Fsp3) is 0.360. The number of urea groups is 1. The van der Waals surface area contributed by atoms with Crippen molar-refractivity contribution in [2.75, 3.05) is 29.9 Å². The maximum Gasteiger partial charge on any atom is 0.319 e. The lowest BCUT2D eigenvalue weighted by molar-refractivity contribution is -0.134. The van der Waals surface area contributed by atoms with E-state index < -0.39 is 0 Å². The third kappa shape index (κ3) is 7.35. The highest BCUT2D eigenvalue weighted by Gasteiger charge is 2.25. The monoisotopic (exact) mass is 447 g/mol. The molecule has 2 aromatic carbocycles. The van der Waals surface area contributed by atoms with E-state index in [1.807, 2.05) is 60.7 Å². The van der Waals surface area contributed by atoms with Crippen LogP contribution in [0.25, 0.3) is 0 Å². The summed E-state index contributed by atoms with van der Waals surface area (Å²) in [6.45, 7) is 1.38. The highest BCUT2D eigenvalue weighted by atomic mass is 16.2. The van der Waals surface area contributed by atoms with Crippen molar-refractivity contribution >= 4 is 29.2 Å². The molecular weight excluding hydrogens is 418 g/mol. The van der Waals surface area contributed by atoms with Crippen LogP contribution in [0.5, 0.6) is 0 Å². The number of hydrogen-bond acceptors (Lipinski definition) is 4. The van der Waals surface area contributed by atoms with E-state index in [1.54, 1.807) is 9.80 Å². The molecule has 0 spiro atoms. The number of benzene rings is 2. The summed E-state index contributed by atoms with van der Waals surface area (Å²) in [6, 6.07) is 20.2. The predicted octanol–water partition coefficient (Wildman–Crippen LogP) is 3.53. The zero-order valence-corrected chi connectivity index (χ0v) is 18.6. The second-order valence-corrected chi connectivity index (χ2v) is 7.91. The zero-order valence-electron chi connectivity index (χ0n) is 18.6. The van der Waals surface area contributed by atoms with Crippen LogP contribution in [0.4, 0.5) is 16.2 Å². The number of nitrogens with one attached hydrogen (secondary N) is 2. The number of hydrogen-bond donors (Lipinski definition) is 2. The Morgan fingerprint density at radius 2 is 1.61 bits per heavy atom. The smallest absolute Gasteiger partial charge is 0.319 e. The molecule has 8 heteroatoms. The van der Waals surface area contributed by atoms with Gasteiger partial charge in [0.25, 0.3) is 0 Å². The van der Waals surface area contributed by atoms with Gasteiger partial charge < -0.3 is 20.4 Å². The minimum atomic E-state index is -0.255. The first-order valence-electron chi connectivity index (χ1n) is 11.2. The summed E-state index contributed by atoms with van der Waals surface area (Å²) < 4.78 is 0. The average molecular weight is 448 g/mol. The molecule has 0 unspecified atom stereocenters. The van der Waals surface area contributed by atoms with Gasteiger partial charge in [-0.15, -0.1) is 0 Å². The van der Waals surface area contributed by atoms with Gasteiger partial charge in [-0.3, -0.25) is 9.59 Å². The number of piperidine rings is 1. The molecule has 4 amide bonds. The molecule has 0 saturated carbocycles. The highest BCUT2D eigenvalue weighted by molar-refractivity contribution is 5.95. The molecule has 1 fully saturated rings. The third-order valence-electron chi connectivity index (χ3n) is 5.58. The molecule has 0 aromatic heterocycles. The van der Waals surface area contributed by atoms with Gasteiger partial charge in [0, 0.05) is 49.9 Å². The minimum Gasteiger partial charge on any atom is -0.343 e. The number of carbonyl (C=O) groups excluding carboxylic acids is 3. The Kier molecular flexibility index (Phi) is 8.83. The van der Waals surface area contributed by atoms with E-state index in [-0.39, 0.29) is 43.1 Å². The maximum absolute atomic E-state index is 12.8.